The number of hydrogen-bond donors (Lipinski definition) is 1. The summed E-state index contributed by atoms with van der Waals surface area (Å²) in [5.74, 6) is 0.946. The van der Waals surface area contributed by atoms with Crippen molar-refractivity contribution >= 4 is 22.2 Å². The highest BCUT2D eigenvalue weighted by atomic mass is 32.1. The van der Waals surface area contributed by atoms with Crippen LogP contribution in [0.1, 0.15) is 5.69 Å². The summed E-state index contributed by atoms with van der Waals surface area (Å²) < 4.78 is 18.2. The van der Waals surface area contributed by atoms with Crippen LogP contribution in [0.2, 0.25) is 0 Å². The molecule has 1 N–H and O–H groups in total. The summed E-state index contributed by atoms with van der Waals surface area (Å²) in [4.78, 5) is 6.00. The van der Waals surface area contributed by atoms with Crippen LogP contribution in [0, 0.1) is 5.82 Å². The number of anilines is 2. The van der Waals surface area contributed by atoms with Crippen molar-refractivity contribution in [1.82, 2.24) is 25.2 Å². The summed E-state index contributed by atoms with van der Waals surface area (Å²) in [6.45, 7) is 0.398. The van der Waals surface area contributed by atoms with Gasteiger partial charge < -0.3 is 10.1 Å². The second-order valence-electron chi connectivity index (χ2n) is 5.65. The molecular weight excluding hydrogens is 367 g/mol. The molecule has 4 aromatic rings. The maximum atomic E-state index is 13.0. The first-order valence-electron chi connectivity index (χ1n) is 8.09. The molecule has 9 heteroatoms. The van der Waals surface area contributed by atoms with Gasteiger partial charge in [0, 0.05) is 16.6 Å². The van der Waals surface area contributed by atoms with Gasteiger partial charge in [0.25, 0.3) is 0 Å². The lowest BCUT2D eigenvalue weighted by Crippen LogP contribution is -2.04. The van der Waals surface area contributed by atoms with E-state index in [0.717, 1.165) is 22.3 Å². The van der Waals surface area contributed by atoms with Gasteiger partial charge in [-0.15, -0.1) is 21.5 Å². The monoisotopic (exact) mass is 382 g/mol. The molecule has 0 aliphatic heterocycles. The van der Waals surface area contributed by atoms with E-state index in [2.05, 4.69) is 25.7 Å². The van der Waals surface area contributed by atoms with Crippen molar-refractivity contribution < 1.29 is 9.13 Å². The number of methoxy groups -OCH3 is 1. The summed E-state index contributed by atoms with van der Waals surface area (Å²) in [7, 11) is 1.63. The third-order valence-corrected chi connectivity index (χ3v) is 4.56. The van der Waals surface area contributed by atoms with Gasteiger partial charge in [-0.25, -0.2) is 9.37 Å². The number of thiazole rings is 1. The highest BCUT2D eigenvalue weighted by molar-refractivity contribution is 7.13. The molecule has 4 rings (SSSR count). The molecule has 0 fully saturated rings. The van der Waals surface area contributed by atoms with Crippen LogP contribution in [0.3, 0.4) is 0 Å². The van der Waals surface area contributed by atoms with Crippen LogP contribution in [0.5, 0.6) is 5.75 Å². The van der Waals surface area contributed by atoms with Crippen LogP contribution >= 0.6 is 11.3 Å². The van der Waals surface area contributed by atoms with Crippen LogP contribution in [0.4, 0.5) is 15.2 Å². The Kier molecular flexibility index (Phi) is 4.75. The quantitative estimate of drug-likeness (QED) is 0.547. The first kappa shape index (κ1) is 17.1. The molecule has 2 aromatic carbocycles. The molecule has 0 amide bonds. The SMILES string of the molecule is COc1ccc(Nc2nc(Cn3nnc(-c4ccc(F)cc4)n3)cs2)cc1. The number of hydrogen-bond acceptors (Lipinski definition) is 7. The van der Waals surface area contributed by atoms with E-state index in [1.807, 2.05) is 29.6 Å². The van der Waals surface area contributed by atoms with Gasteiger partial charge in [-0.3, -0.25) is 0 Å². The van der Waals surface area contributed by atoms with Crippen molar-refractivity contribution in [2.24, 2.45) is 0 Å². The molecular formula is C18H15FN6OS. The van der Waals surface area contributed by atoms with Crippen LogP contribution in [-0.4, -0.2) is 32.3 Å². The van der Waals surface area contributed by atoms with Gasteiger partial charge >= 0.3 is 0 Å². The largest absolute Gasteiger partial charge is 0.497 e. The van der Waals surface area contributed by atoms with Crippen molar-refractivity contribution in [1.29, 1.82) is 0 Å². The standard InChI is InChI=1S/C18H15FN6OS/c1-26-16-8-6-14(7-9-16)20-18-21-15(11-27-18)10-25-23-17(22-24-25)12-2-4-13(19)5-3-12/h2-9,11H,10H2,1H3,(H,20,21). The van der Waals surface area contributed by atoms with Crippen molar-refractivity contribution in [2.45, 2.75) is 6.54 Å². The summed E-state index contributed by atoms with van der Waals surface area (Å²) in [5, 5.41) is 18.3. The lowest BCUT2D eigenvalue weighted by molar-refractivity contribution is 0.415. The number of nitrogens with zero attached hydrogens (tertiary/aromatic N) is 5. The first-order valence-corrected chi connectivity index (χ1v) is 8.97. The normalized spacial score (nSPS) is 10.7. The van der Waals surface area contributed by atoms with E-state index in [0.29, 0.717) is 17.9 Å². The summed E-state index contributed by atoms with van der Waals surface area (Å²) in [6.07, 6.45) is 0. The molecule has 0 radical (unpaired) electrons. The molecule has 0 atom stereocenters. The Bertz CT molecular complexity index is 1030. The van der Waals surface area contributed by atoms with E-state index >= 15 is 0 Å². The Labute approximate surface area is 158 Å². The van der Waals surface area contributed by atoms with Gasteiger partial charge in [0.1, 0.15) is 18.1 Å². The number of benzene rings is 2. The second-order valence-corrected chi connectivity index (χ2v) is 6.51. The van der Waals surface area contributed by atoms with E-state index in [1.54, 1.807) is 19.2 Å². The van der Waals surface area contributed by atoms with Crippen LogP contribution < -0.4 is 10.1 Å². The van der Waals surface area contributed by atoms with Crippen LogP contribution in [-0.2, 0) is 6.54 Å². The van der Waals surface area contributed by atoms with Crippen molar-refractivity contribution in [3.63, 3.8) is 0 Å². The summed E-state index contributed by atoms with van der Waals surface area (Å²) in [6, 6.07) is 13.6. The van der Waals surface area contributed by atoms with Gasteiger partial charge in [-0.1, -0.05) is 0 Å². The lowest BCUT2D eigenvalue weighted by atomic mass is 10.2. The highest BCUT2D eigenvalue weighted by Gasteiger charge is 2.09. The Hall–Kier alpha value is -3.33. The maximum Gasteiger partial charge on any atom is 0.204 e. The first-order chi connectivity index (χ1) is 13.2. The average molecular weight is 382 g/mol. The van der Waals surface area contributed by atoms with E-state index in [4.69, 9.17) is 4.74 Å². The number of halogens is 1. The Morgan fingerprint density at radius 2 is 1.89 bits per heavy atom. The highest BCUT2D eigenvalue weighted by Crippen LogP contribution is 2.23. The zero-order chi connectivity index (χ0) is 18.6. The molecule has 0 aliphatic rings. The predicted molar refractivity (Wildman–Crippen MR) is 101 cm³/mol. The number of rotatable bonds is 6. The van der Waals surface area contributed by atoms with Crippen LogP contribution in [0.15, 0.2) is 53.9 Å². The molecule has 0 aliphatic carbocycles. The zero-order valence-electron chi connectivity index (χ0n) is 14.3. The van der Waals surface area contributed by atoms with Crippen molar-refractivity contribution in [3.05, 3.63) is 65.4 Å². The number of nitrogens with one attached hydrogen (secondary N) is 1. The molecule has 2 heterocycles. The molecule has 136 valence electrons. The van der Waals surface area contributed by atoms with E-state index < -0.39 is 0 Å². The van der Waals surface area contributed by atoms with Crippen molar-refractivity contribution in [3.8, 4) is 17.1 Å². The van der Waals surface area contributed by atoms with Crippen molar-refractivity contribution in [2.75, 3.05) is 12.4 Å². The number of ether oxygens (including phenoxy) is 1. The molecule has 0 spiro atoms. The minimum Gasteiger partial charge on any atom is -0.497 e. The second kappa shape index (κ2) is 7.50. The van der Waals surface area contributed by atoms with Gasteiger partial charge in [0.2, 0.25) is 5.82 Å². The van der Waals surface area contributed by atoms with Crippen LogP contribution in [0.25, 0.3) is 11.4 Å². The van der Waals surface area contributed by atoms with Gasteiger partial charge in [0.15, 0.2) is 5.13 Å². The van der Waals surface area contributed by atoms with E-state index in [1.165, 1.54) is 28.3 Å². The molecule has 7 nitrogen and oxygen atoms in total. The van der Waals surface area contributed by atoms with E-state index in [9.17, 15) is 4.39 Å². The molecule has 0 bridgehead atoms. The molecule has 0 unspecified atom stereocenters. The topological polar surface area (TPSA) is 77.8 Å². The number of tetrazole rings is 1. The minimum absolute atomic E-state index is 0.300. The Morgan fingerprint density at radius 1 is 1.11 bits per heavy atom. The third kappa shape index (κ3) is 4.09. The fourth-order valence-electron chi connectivity index (χ4n) is 2.40. The predicted octanol–water partition coefficient (Wildman–Crippen LogP) is 3.74. The smallest absolute Gasteiger partial charge is 0.204 e. The fraction of sp³-hybridized carbons (Fsp3) is 0.111. The minimum atomic E-state index is -0.300. The summed E-state index contributed by atoms with van der Waals surface area (Å²) in [5.41, 5.74) is 2.45. The fourth-order valence-corrected chi connectivity index (χ4v) is 3.13. The molecule has 2 aromatic heterocycles. The summed E-state index contributed by atoms with van der Waals surface area (Å²) >= 11 is 1.49. The van der Waals surface area contributed by atoms with Gasteiger partial charge in [0.05, 0.1) is 12.8 Å². The molecule has 0 saturated heterocycles. The van der Waals surface area contributed by atoms with Gasteiger partial charge in [-0.05, 0) is 53.7 Å². The average Bonchev–Trinajstić information content (AvgIpc) is 3.33. The lowest BCUT2D eigenvalue weighted by Gasteiger charge is -2.03. The maximum absolute atomic E-state index is 13.0. The molecule has 27 heavy (non-hydrogen) atoms. The third-order valence-electron chi connectivity index (χ3n) is 3.75. The Balaban J connectivity index is 1.42. The molecule has 0 saturated carbocycles. The van der Waals surface area contributed by atoms with Gasteiger partial charge in [-0.2, -0.15) is 4.80 Å². The Morgan fingerprint density at radius 3 is 2.63 bits per heavy atom. The van der Waals surface area contributed by atoms with E-state index in [-0.39, 0.29) is 5.82 Å². The number of aromatic nitrogens is 5. The zero-order valence-corrected chi connectivity index (χ0v) is 15.2.